The zero-order valence-electron chi connectivity index (χ0n) is 12.5. The molecule has 0 aliphatic heterocycles. The van der Waals surface area contributed by atoms with Crippen molar-refractivity contribution in [1.29, 1.82) is 5.26 Å². The minimum Gasteiger partial charge on any atom is -0.369 e. The number of hydrogen-bond donors (Lipinski definition) is 1. The number of pyridine rings is 1. The Morgan fingerprint density at radius 1 is 1.23 bits per heavy atom. The van der Waals surface area contributed by atoms with E-state index >= 15 is 0 Å². The van der Waals surface area contributed by atoms with Gasteiger partial charge in [-0.05, 0) is 31.2 Å². The summed E-state index contributed by atoms with van der Waals surface area (Å²) in [5.41, 5.74) is 2.75. The van der Waals surface area contributed by atoms with Crippen LogP contribution in [-0.2, 0) is 13.0 Å². The molecule has 0 amide bonds. The molecule has 1 aromatic carbocycles. The molecule has 3 aromatic rings. The molecule has 0 spiro atoms. The Hall–Kier alpha value is -2.87. The van der Waals surface area contributed by atoms with E-state index in [2.05, 4.69) is 33.9 Å². The molecule has 0 aliphatic carbocycles. The number of aromatic nitrogens is 3. The van der Waals surface area contributed by atoms with E-state index in [-0.39, 0.29) is 0 Å². The molecule has 0 fully saturated rings. The van der Waals surface area contributed by atoms with Gasteiger partial charge >= 0.3 is 0 Å². The van der Waals surface area contributed by atoms with Crippen LogP contribution in [0.4, 0.5) is 5.82 Å². The van der Waals surface area contributed by atoms with Crippen molar-refractivity contribution in [3.05, 3.63) is 54.0 Å². The summed E-state index contributed by atoms with van der Waals surface area (Å²) >= 11 is 0. The summed E-state index contributed by atoms with van der Waals surface area (Å²) in [6.07, 6.45) is 2.47. The van der Waals surface area contributed by atoms with Crippen LogP contribution in [0.25, 0.3) is 11.0 Å². The Labute approximate surface area is 129 Å². The van der Waals surface area contributed by atoms with Crippen LogP contribution in [0, 0.1) is 11.3 Å². The van der Waals surface area contributed by atoms with Gasteiger partial charge in [0.05, 0.1) is 16.6 Å². The van der Waals surface area contributed by atoms with Crippen LogP contribution >= 0.6 is 0 Å². The van der Waals surface area contributed by atoms with Crippen molar-refractivity contribution in [3.8, 4) is 6.07 Å². The van der Waals surface area contributed by atoms with Crippen molar-refractivity contribution in [1.82, 2.24) is 14.5 Å². The Morgan fingerprint density at radius 2 is 2.09 bits per heavy atom. The minimum absolute atomic E-state index is 0.562. The maximum atomic E-state index is 9.07. The molecular weight excluding hydrogens is 274 g/mol. The molecule has 2 aromatic heterocycles. The Kier molecular flexibility index (Phi) is 4.01. The summed E-state index contributed by atoms with van der Waals surface area (Å²) in [6, 6.07) is 13.8. The fourth-order valence-corrected chi connectivity index (χ4v) is 2.60. The fourth-order valence-electron chi connectivity index (χ4n) is 2.60. The normalized spacial score (nSPS) is 10.5. The lowest BCUT2D eigenvalue weighted by molar-refractivity contribution is 0.717. The summed E-state index contributed by atoms with van der Waals surface area (Å²) in [5, 5.41) is 12.3. The van der Waals surface area contributed by atoms with Gasteiger partial charge in [0.1, 0.15) is 17.7 Å². The largest absolute Gasteiger partial charge is 0.369 e. The van der Waals surface area contributed by atoms with Crippen molar-refractivity contribution in [2.24, 2.45) is 0 Å². The number of fused-ring (bicyclic) bond motifs is 1. The molecular formula is C17H17N5. The van der Waals surface area contributed by atoms with E-state index in [1.165, 1.54) is 0 Å². The van der Waals surface area contributed by atoms with E-state index in [0.29, 0.717) is 17.9 Å². The van der Waals surface area contributed by atoms with E-state index in [0.717, 1.165) is 29.8 Å². The SMILES string of the molecule is CCn1c(CCNc2ncccc2C#N)nc2ccccc21. The second-order valence-electron chi connectivity index (χ2n) is 4.95. The number of nitrogens with one attached hydrogen (secondary N) is 1. The summed E-state index contributed by atoms with van der Waals surface area (Å²) in [6.45, 7) is 3.70. The smallest absolute Gasteiger partial charge is 0.143 e. The van der Waals surface area contributed by atoms with Crippen molar-refractivity contribution in [2.45, 2.75) is 19.9 Å². The third-order valence-electron chi connectivity index (χ3n) is 3.62. The van der Waals surface area contributed by atoms with Crippen LogP contribution in [0.1, 0.15) is 18.3 Å². The van der Waals surface area contributed by atoms with Crippen LogP contribution in [0.2, 0.25) is 0 Å². The minimum atomic E-state index is 0.562. The highest BCUT2D eigenvalue weighted by Gasteiger charge is 2.09. The number of nitrogens with zero attached hydrogens (tertiary/aromatic N) is 4. The lowest BCUT2D eigenvalue weighted by atomic mass is 10.3. The lowest BCUT2D eigenvalue weighted by Gasteiger charge is -2.08. The number of benzene rings is 1. The van der Waals surface area contributed by atoms with Gasteiger partial charge in [-0.25, -0.2) is 9.97 Å². The predicted octanol–water partition coefficient (Wildman–Crippen LogP) is 2.98. The first-order chi connectivity index (χ1) is 10.8. The van der Waals surface area contributed by atoms with Crippen molar-refractivity contribution >= 4 is 16.9 Å². The number of hydrogen-bond acceptors (Lipinski definition) is 4. The monoisotopic (exact) mass is 291 g/mol. The molecule has 0 saturated carbocycles. The number of para-hydroxylation sites is 2. The Bertz CT molecular complexity index is 828. The molecule has 2 heterocycles. The summed E-state index contributed by atoms with van der Waals surface area (Å²) in [4.78, 5) is 8.90. The highest BCUT2D eigenvalue weighted by Crippen LogP contribution is 2.16. The van der Waals surface area contributed by atoms with Gasteiger partial charge < -0.3 is 9.88 Å². The summed E-state index contributed by atoms with van der Waals surface area (Å²) < 4.78 is 2.22. The number of rotatable bonds is 5. The third kappa shape index (κ3) is 2.63. The summed E-state index contributed by atoms with van der Waals surface area (Å²) in [7, 11) is 0. The zero-order chi connectivity index (χ0) is 15.4. The summed E-state index contributed by atoms with van der Waals surface area (Å²) in [5.74, 6) is 1.68. The van der Waals surface area contributed by atoms with Crippen LogP contribution < -0.4 is 5.32 Å². The Balaban J connectivity index is 1.76. The highest BCUT2D eigenvalue weighted by molar-refractivity contribution is 5.75. The molecule has 1 N–H and O–H groups in total. The molecule has 22 heavy (non-hydrogen) atoms. The van der Waals surface area contributed by atoms with Gasteiger partial charge in [-0.3, -0.25) is 0 Å². The first-order valence-corrected chi connectivity index (χ1v) is 7.36. The molecule has 5 heteroatoms. The maximum absolute atomic E-state index is 9.07. The van der Waals surface area contributed by atoms with Gasteiger partial charge in [-0.1, -0.05) is 12.1 Å². The molecule has 0 saturated heterocycles. The average molecular weight is 291 g/mol. The van der Waals surface area contributed by atoms with E-state index in [1.807, 2.05) is 18.2 Å². The van der Waals surface area contributed by atoms with Crippen LogP contribution in [0.15, 0.2) is 42.6 Å². The highest BCUT2D eigenvalue weighted by atomic mass is 15.1. The van der Waals surface area contributed by atoms with E-state index in [1.54, 1.807) is 18.3 Å². The first kappa shape index (κ1) is 14.1. The van der Waals surface area contributed by atoms with E-state index in [9.17, 15) is 0 Å². The molecule has 0 atom stereocenters. The van der Waals surface area contributed by atoms with Gasteiger partial charge in [0.15, 0.2) is 0 Å². The molecule has 0 bridgehead atoms. The lowest BCUT2D eigenvalue weighted by Crippen LogP contribution is -2.11. The number of aryl methyl sites for hydroxylation is 1. The average Bonchev–Trinajstić information content (AvgIpc) is 2.92. The Morgan fingerprint density at radius 3 is 2.91 bits per heavy atom. The van der Waals surface area contributed by atoms with E-state index in [4.69, 9.17) is 10.2 Å². The number of anilines is 1. The van der Waals surface area contributed by atoms with Gasteiger partial charge in [-0.15, -0.1) is 0 Å². The zero-order valence-corrected chi connectivity index (χ0v) is 12.5. The number of imidazole rings is 1. The predicted molar refractivity (Wildman–Crippen MR) is 86.6 cm³/mol. The van der Waals surface area contributed by atoms with Gasteiger partial charge in [0, 0.05) is 25.7 Å². The van der Waals surface area contributed by atoms with Crippen molar-refractivity contribution < 1.29 is 0 Å². The quantitative estimate of drug-likeness (QED) is 0.784. The molecule has 3 rings (SSSR count). The maximum Gasteiger partial charge on any atom is 0.143 e. The molecule has 0 aliphatic rings. The van der Waals surface area contributed by atoms with Gasteiger partial charge in [0.2, 0.25) is 0 Å². The van der Waals surface area contributed by atoms with E-state index < -0.39 is 0 Å². The van der Waals surface area contributed by atoms with Crippen LogP contribution in [0.5, 0.6) is 0 Å². The fraction of sp³-hybridized carbons (Fsp3) is 0.235. The van der Waals surface area contributed by atoms with Gasteiger partial charge in [0.25, 0.3) is 0 Å². The first-order valence-electron chi connectivity index (χ1n) is 7.36. The topological polar surface area (TPSA) is 66.5 Å². The molecule has 0 radical (unpaired) electrons. The number of nitriles is 1. The van der Waals surface area contributed by atoms with Crippen molar-refractivity contribution in [2.75, 3.05) is 11.9 Å². The third-order valence-corrected chi connectivity index (χ3v) is 3.62. The molecule has 0 unspecified atom stereocenters. The second kappa shape index (κ2) is 6.27. The van der Waals surface area contributed by atoms with Crippen LogP contribution in [0.3, 0.4) is 0 Å². The molecule has 110 valence electrons. The molecule has 5 nitrogen and oxygen atoms in total. The van der Waals surface area contributed by atoms with Crippen molar-refractivity contribution in [3.63, 3.8) is 0 Å². The standard InChI is InChI=1S/C17H17N5/c1-2-22-15-8-4-3-7-14(15)21-16(22)9-11-20-17-13(12-18)6-5-10-19-17/h3-8,10H,2,9,11H2,1H3,(H,19,20). The van der Waals surface area contributed by atoms with Gasteiger partial charge in [-0.2, -0.15) is 5.26 Å². The second-order valence-corrected chi connectivity index (χ2v) is 4.95. The van der Waals surface area contributed by atoms with Crippen LogP contribution in [-0.4, -0.2) is 21.1 Å².